The van der Waals surface area contributed by atoms with E-state index in [2.05, 4.69) is 51.2 Å². The van der Waals surface area contributed by atoms with E-state index >= 15 is 0 Å². The standard InChI is InChI=1S/C17H29NO/c1-7-17(8-2,19-6)16(18-5)12-15-13(3)10-9-11-14(15)4/h9-11,16,18H,7-8,12H2,1-6H3. The lowest BCUT2D eigenvalue weighted by molar-refractivity contribution is -0.0455. The van der Waals surface area contributed by atoms with Gasteiger partial charge in [0, 0.05) is 13.2 Å². The van der Waals surface area contributed by atoms with Crippen molar-refractivity contribution in [2.75, 3.05) is 14.2 Å². The van der Waals surface area contributed by atoms with Crippen molar-refractivity contribution in [3.05, 3.63) is 34.9 Å². The molecule has 1 rings (SSSR count). The Morgan fingerprint density at radius 1 is 1.16 bits per heavy atom. The summed E-state index contributed by atoms with van der Waals surface area (Å²) in [4.78, 5) is 0. The van der Waals surface area contributed by atoms with E-state index in [0.717, 1.165) is 19.3 Å². The van der Waals surface area contributed by atoms with Crippen molar-refractivity contribution in [3.8, 4) is 0 Å². The second-order valence-corrected chi connectivity index (χ2v) is 5.39. The summed E-state index contributed by atoms with van der Waals surface area (Å²) in [5, 5.41) is 3.47. The van der Waals surface area contributed by atoms with Crippen LogP contribution in [0.3, 0.4) is 0 Å². The average Bonchev–Trinajstić information content (AvgIpc) is 2.43. The predicted molar refractivity (Wildman–Crippen MR) is 82.8 cm³/mol. The third kappa shape index (κ3) is 3.37. The molecule has 19 heavy (non-hydrogen) atoms. The van der Waals surface area contributed by atoms with Gasteiger partial charge in [0.15, 0.2) is 0 Å². The summed E-state index contributed by atoms with van der Waals surface area (Å²) >= 11 is 0. The minimum absolute atomic E-state index is 0.0799. The highest BCUT2D eigenvalue weighted by Gasteiger charge is 2.35. The van der Waals surface area contributed by atoms with Crippen LogP contribution < -0.4 is 5.32 Å². The molecule has 2 nitrogen and oxygen atoms in total. The molecule has 0 spiro atoms. The van der Waals surface area contributed by atoms with Gasteiger partial charge in [0.05, 0.1) is 5.60 Å². The largest absolute Gasteiger partial charge is 0.377 e. The molecular formula is C17H29NO. The Kier molecular flexibility index (Phi) is 6.02. The maximum absolute atomic E-state index is 5.88. The van der Waals surface area contributed by atoms with Gasteiger partial charge in [-0.3, -0.25) is 0 Å². The molecular weight excluding hydrogens is 234 g/mol. The zero-order valence-electron chi connectivity index (χ0n) is 13.3. The molecule has 0 aliphatic heterocycles. The highest BCUT2D eigenvalue weighted by molar-refractivity contribution is 5.34. The number of likely N-dealkylation sites (N-methyl/N-ethyl adjacent to an activating group) is 1. The molecule has 0 aliphatic carbocycles. The molecule has 2 heteroatoms. The topological polar surface area (TPSA) is 21.3 Å². The molecule has 1 aromatic carbocycles. The Balaban J connectivity index is 3.05. The Hall–Kier alpha value is -0.860. The van der Waals surface area contributed by atoms with Gasteiger partial charge in [-0.15, -0.1) is 0 Å². The lowest BCUT2D eigenvalue weighted by Crippen LogP contribution is -2.51. The zero-order valence-corrected chi connectivity index (χ0v) is 13.3. The van der Waals surface area contributed by atoms with Gasteiger partial charge in [-0.1, -0.05) is 32.0 Å². The first-order valence-electron chi connectivity index (χ1n) is 7.32. The van der Waals surface area contributed by atoms with Crippen LogP contribution in [0.25, 0.3) is 0 Å². The first-order valence-corrected chi connectivity index (χ1v) is 7.32. The summed E-state index contributed by atoms with van der Waals surface area (Å²) in [6, 6.07) is 6.86. The molecule has 1 unspecified atom stereocenters. The highest BCUT2D eigenvalue weighted by atomic mass is 16.5. The van der Waals surface area contributed by atoms with Crippen molar-refractivity contribution < 1.29 is 4.74 Å². The fraction of sp³-hybridized carbons (Fsp3) is 0.647. The molecule has 1 atom stereocenters. The van der Waals surface area contributed by atoms with Gasteiger partial charge in [-0.2, -0.15) is 0 Å². The molecule has 0 aromatic heterocycles. The first-order chi connectivity index (χ1) is 9.04. The summed E-state index contributed by atoms with van der Waals surface area (Å²) in [5.74, 6) is 0. The van der Waals surface area contributed by atoms with Gasteiger partial charge in [0.1, 0.15) is 0 Å². The third-order valence-electron chi connectivity index (χ3n) is 4.64. The Bertz CT molecular complexity index is 368. The van der Waals surface area contributed by atoms with Crippen molar-refractivity contribution in [1.82, 2.24) is 5.32 Å². The summed E-state index contributed by atoms with van der Waals surface area (Å²) in [5.41, 5.74) is 4.11. The normalized spacial score (nSPS) is 13.6. The van der Waals surface area contributed by atoms with Gasteiger partial charge < -0.3 is 10.1 Å². The fourth-order valence-corrected chi connectivity index (χ4v) is 3.10. The Labute approximate surface area is 118 Å². The lowest BCUT2D eigenvalue weighted by Gasteiger charge is -2.39. The van der Waals surface area contributed by atoms with Crippen LogP contribution in [0, 0.1) is 13.8 Å². The number of methoxy groups -OCH3 is 1. The summed E-state index contributed by atoms with van der Waals surface area (Å²) in [7, 11) is 3.87. The van der Waals surface area contributed by atoms with Gasteiger partial charge in [0.25, 0.3) is 0 Å². The lowest BCUT2D eigenvalue weighted by atomic mass is 9.82. The maximum atomic E-state index is 5.88. The molecule has 108 valence electrons. The van der Waals surface area contributed by atoms with Crippen LogP contribution in [0.15, 0.2) is 18.2 Å². The van der Waals surface area contributed by atoms with E-state index in [9.17, 15) is 0 Å². The van der Waals surface area contributed by atoms with E-state index in [1.807, 2.05) is 14.2 Å². The molecule has 0 aliphatic rings. The molecule has 0 saturated heterocycles. The Morgan fingerprint density at radius 3 is 2.05 bits per heavy atom. The van der Waals surface area contributed by atoms with Crippen LogP contribution in [0.2, 0.25) is 0 Å². The minimum atomic E-state index is -0.0799. The van der Waals surface area contributed by atoms with Crippen molar-refractivity contribution in [2.45, 2.75) is 58.6 Å². The van der Waals surface area contributed by atoms with Crippen molar-refractivity contribution >= 4 is 0 Å². The van der Waals surface area contributed by atoms with Gasteiger partial charge >= 0.3 is 0 Å². The number of nitrogens with one attached hydrogen (secondary N) is 1. The van der Waals surface area contributed by atoms with Gasteiger partial charge in [0.2, 0.25) is 0 Å². The first kappa shape index (κ1) is 16.2. The SMILES string of the molecule is CCC(CC)(OC)C(Cc1c(C)cccc1C)NC. The summed E-state index contributed by atoms with van der Waals surface area (Å²) < 4.78 is 5.88. The van der Waals surface area contributed by atoms with Crippen molar-refractivity contribution in [3.63, 3.8) is 0 Å². The number of benzene rings is 1. The van der Waals surface area contributed by atoms with Gasteiger partial charge in [-0.05, 0) is 56.8 Å². The van der Waals surface area contributed by atoms with E-state index in [1.165, 1.54) is 16.7 Å². The van der Waals surface area contributed by atoms with Crippen LogP contribution in [-0.2, 0) is 11.2 Å². The molecule has 1 aromatic rings. The minimum Gasteiger partial charge on any atom is -0.377 e. The highest BCUT2D eigenvalue weighted by Crippen LogP contribution is 2.28. The molecule has 0 amide bonds. The molecule has 0 heterocycles. The summed E-state index contributed by atoms with van der Waals surface area (Å²) in [6.07, 6.45) is 3.07. The second-order valence-electron chi connectivity index (χ2n) is 5.39. The summed E-state index contributed by atoms with van der Waals surface area (Å²) in [6.45, 7) is 8.81. The van der Waals surface area contributed by atoms with Crippen LogP contribution in [0.4, 0.5) is 0 Å². The maximum Gasteiger partial charge on any atom is 0.0828 e. The average molecular weight is 263 g/mol. The van der Waals surface area contributed by atoms with Crippen LogP contribution in [0.1, 0.15) is 43.4 Å². The zero-order chi connectivity index (χ0) is 14.5. The third-order valence-corrected chi connectivity index (χ3v) is 4.64. The number of hydrogen-bond donors (Lipinski definition) is 1. The van der Waals surface area contributed by atoms with Gasteiger partial charge in [-0.25, -0.2) is 0 Å². The van der Waals surface area contributed by atoms with E-state index in [1.54, 1.807) is 0 Å². The van der Waals surface area contributed by atoms with E-state index < -0.39 is 0 Å². The molecule has 0 radical (unpaired) electrons. The molecule has 0 saturated carbocycles. The molecule has 0 fully saturated rings. The van der Waals surface area contributed by atoms with Crippen molar-refractivity contribution in [1.29, 1.82) is 0 Å². The quantitative estimate of drug-likeness (QED) is 0.811. The molecule has 1 N–H and O–H groups in total. The number of rotatable bonds is 7. The van der Waals surface area contributed by atoms with Crippen LogP contribution in [-0.4, -0.2) is 25.8 Å². The Morgan fingerprint density at radius 2 is 1.68 bits per heavy atom. The number of ether oxygens (including phenoxy) is 1. The van der Waals surface area contributed by atoms with Crippen molar-refractivity contribution in [2.24, 2.45) is 0 Å². The van der Waals surface area contributed by atoms with E-state index in [0.29, 0.717) is 6.04 Å². The predicted octanol–water partition coefficient (Wildman–Crippen LogP) is 3.64. The fourth-order valence-electron chi connectivity index (χ4n) is 3.10. The van der Waals surface area contributed by atoms with E-state index in [-0.39, 0.29) is 5.60 Å². The monoisotopic (exact) mass is 263 g/mol. The molecule has 0 bridgehead atoms. The second kappa shape index (κ2) is 7.06. The number of aryl methyl sites for hydroxylation is 2. The van der Waals surface area contributed by atoms with E-state index in [4.69, 9.17) is 4.74 Å². The number of hydrogen-bond acceptors (Lipinski definition) is 2. The van der Waals surface area contributed by atoms with Crippen LogP contribution in [0.5, 0.6) is 0 Å². The smallest absolute Gasteiger partial charge is 0.0828 e. The van der Waals surface area contributed by atoms with Crippen LogP contribution >= 0.6 is 0 Å².